The highest BCUT2D eigenvalue weighted by Crippen LogP contribution is 2.21. The SMILES string of the molecule is Cc1cc(N2CCOCC2)ccc1CCCN1CCOCC1. The van der Waals surface area contributed by atoms with Gasteiger partial charge in [-0.1, -0.05) is 6.07 Å². The molecule has 0 bridgehead atoms. The Morgan fingerprint density at radius 3 is 2.32 bits per heavy atom. The number of ether oxygens (including phenoxy) is 2. The zero-order valence-corrected chi connectivity index (χ0v) is 13.7. The van der Waals surface area contributed by atoms with Gasteiger partial charge in [0, 0.05) is 31.9 Å². The van der Waals surface area contributed by atoms with Crippen LogP contribution in [0.3, 0.4) is 0 Å². The second-order valence-electron chi connectivity index (χ2n) is 6.27. The Hall–Kier alpha value is -1.10. The number of nitrogens with zero attached hydrogens (tertiary/aromatic N) is 2. The lowest BCUT2D eigenvalue weighted by atomic mass is 10.0. The summed E-state index contributed by atoms with van der Waals surface area (Å²) in [6, 6.07) is 6.94. The fourth-order valence-corrected chi connectivity index (χ4v) is 3.30. The number of anilines is 1. The van der Waals surface area contributed by atoms with Crippen molar-refractivity contribution in [2.45, 2.75) is 19.8 Å². The summed E-state index contributed by atoms with van der Waals surface area (Å²) in [6.07, 6.45) is 2.41. The topological polar surface area (TPSA) is 24.9 Å². The minimum atomic E-state index is 0.848. The van der Waals surface area contributed by atoms with Crippen molar-refractivity contribution in [3.8, 4) is 0 Å². The van der Waals surface area contributed by atoms with Gasteiger partial charge in [-0.15, -0.1) is 0 Å². The van der Waals surface area contributed by atoms with E-state index in [1.54, 1.807) is 0 Å². The molecule has 0 N–H and O–H groups in total. The van der Waals surface area contributed by atoms with Crippen molar-refractivity contribution in [2.24, 2.45) is 0 Å². The molecule has 1 aromatic rings. The lowest BCUT2D eigenvalue weighted by molar-refractivity contribution is 0.0374. The van der Waals surface area contributed by atoms with Gasteiger partial charge in [0.1, 0.15) is 0 Å². The zero-order chi connectivity index (χ0) is 15.2. The molecule has 1 aromatic carbocycles. The molecular formula is C18H28N2O2. The summed E-state index contributed by atoms with van der Waals surface area (Å²) in [5, 5.41) is 0. The first kappa shape index (κ1) is 15.8. The summed E-state index contributed by atoms with van der Waals surface area (Å²) < 4.78 is 10.8. The molecule has 3 rings (SSSR count). The first-order valence-electron chi connectivity index (χ1n) is 8.55. The Morgan fingerprint density at radius 2 is 1.64 bits per heavy atom. The van der Waals surface area contributed by atoms with Gasteiger partial charge in [-0.3, -0.25) is 4.90 Å². The first-order valence-corrected chi connectivity index (χ1v) is 8.55. The normalized spacial score (nSPS) is 20.3. The van der Waals surface area contributed by atoms with Crippen LogP contribution < -0.4 is 4.90 Å². The number of aryl methyl sites for hydroxylation is 2. The number of rotatable bonds is 5. The van der Waals surface area contributed by atoms with Crippen LogP contribution in [-0.4, -0.2) is 64.1 Å². The summed E-state index contributed by atoms with van der Waals surface area (Å²) in [7, 11) is 0. The van der Waals surface area contributed by atoms with E-state index in [0.29, 0.717) is 0 Å². The van der Waals surface area contributed by atoms with E-state index in [4.69, 9.17) is 9.47 Å². The Morgan fingerprint density at radius 1 is 0.955 bits per heavy atom. The van der Waals surface area contributed by atoms with Gasteiger partial charge >= 0.3 is 0 Å². The van der Waals surface area contributed by atoms with Crippen LogP contribution in [0.1, 0.15) is 17.5 Å². The molecule has 0 aliphatic carbocycles. The van der Waals surface area contributed by atoms with Crippen LogP contribution in [0.5, 0.6) is 0 Å². The minimum absolute atomic E-state index is 0.848. The van der Waals surface area contributed by atoms with E-state index in [2.05, 4.69) is 34.9 Å². The molecule has 2 saturated heterocycles. The lowest BCUT2D eigenvalue weighted by Gasteiger charge is -2.29. The molecule has 122 valence electrons. The molecule has 0 unspecified atom stereocenters. The molecule has 0 radical (unpaired) electrons. The van der Waals surface area contributed by atoms with Crippen LogP contribution >= 0.6 is 0 Å². The molecule has 0 atom stereocenters. The highest BCUT2D eigenvalue weighted by atomic mass is 16.5. The van der Waals surface area contributed by atoms with Crippen molar-refractivity contribution in [1.29, 1.82) is 0 Å². The highest BCUT2D eigenvalue weighted by Gasteiger charge is 2.13. The van der Waals surface area contributed by atoms with Crippen molar-refractivity contribution in [3.05, 3.63) is 29.3 Å². The van der Waals surface area contributed by atoms with Crippen LogP contribution in [0.25, 0.3) is 0 Å². The predicted molar refractivity (Wildman–Crippen MR) is 89.8 cm³/mol. The summed E-state index contributed by atoms with van der Waals surface area (Å²) in [4.78, 5) is 4.94. The standard InChI is InChI=1S/C18H28N2O2/c1-16-15-18(20-9-13-22-14-10-20)5-4-17(16)3-2-6-19-7-11-21-12-8-19/h4-5,15H,2-3,6-14H2,1H3. The van der Waals surface area contributed by atoms with Gasteiger partial charge in [0.05, 0.1) is 26.4 Å². The van der Waals surface area contributed by atoms with E-state index in [1.807, 2.05) is 0 Å². The number of hydrogen-bond donors (Lipinski definition) is 0. The van der Waals surface area contributed by atoms with Gasteiger partial charge < -0.3 is 14.4 Å². The van der Waals surface area contributed by atoms with Crippen molar-refractivity contribution in [3.63, 3.8) is 0 Å². The zero-order valence-electron chi connectivity index (χ0n) is 13.7. The third-order valence-electron chi connectivity index (χ3n) is 4.73. The molecule has 2 aliphatic heterocycles. The minimum Gasteiger partial charge on any atom is -0.379 e. The van der Waals surface area contributed by atoms with Gasteiger partial charge in [-0.2, -0.15) is 0 Å². The van der Waals surface area contributed by atoms with Gasteiger partial charge in [0.15, 0.2) is 0 Å². The number of hydrogen-bond acceptors (Lipinski definition) is 4. The van der Waals surface area contributed by atoms with E-state index < -0.39 is 0 Å². The molecule has 0 saturated carbocycles. The quantitative estimate of drug-likeness (QED) is 0.832. The Balaban J connectivity index is 1.50. The third-order valence-corrected chi connectivity index (χ3v) is 4.73. The maximum absolute atomic E-state index is 5.43. The molecule has 2 heterocycles. The molecule has 0 aromatic heterocycles. The molecular weight excluding hydrogens is 276 g/mol. The Kier molecular flexibility index (Phi) is 5.70. The van der Waals surface area contributed by atoms with E-state index in [9.17, 15) is 0 Å². The fourth-order valence-electron chi connectivity index (χ4n) is 3.30. The molecule has 22 heavy (non-hydrogen) atoms. The monoisotopic (exact) mass is 304 g/mol. The average molecular weight is 304 g/mol. The van der Waals surface area contributed by atoms with Crippen LogP contribution in [0.15, 0.2) is 18.2 Å². The molecule has 0 spiro atoms. The van der Waals surface area contributed by atoms with Gasteiger partial charge in [0.25, 0.3) is 0 Å². The third kappa shape index (κ3) is 4.22. The molecule has 2 aliphatic rings. The van der Waals surface area contributed by atoms with Crippen LogP contribution in [0, 0.1) is 6.92 Å². The molecule has 4 nitrogen and oxygen atoms in total. The maximum atomic E-state index is 5.43. The second kappa shape index (κ2) is 7.95. The van der Waals surface area contributed by atoms with E-state index >= 15 is 0 Å². The molecule has 4 heteroatoms. The molecule has 2 fully saturated rings. The number of morpholine rings is 2. The van der Waals surface area contributed by atoms with Gasteiger partial charge in [-0.25, -0.2) is 0 Å². The summed E-state index contributed by atoms with van der Waals surface area (Å²) in [5.41, 5.74) is 4.26. The van der Waals surface area contributed by atoms with Crippen LogP contribution in [0.2, 0.25) is 0 Å². The highest BCUT2D eigenvalue weighted by molar-refractivity contribution is 5.51. The Bertz CT molecular complexity index is 466. The van der Waals surface area contributed by atoms with Crippen LogP contribution in [0.4, 0.5) is 5.69 Å². The van der Waals surface area contributed by atoms with E-state index in [-0.39, 0.29) is 0 Å². The first-order chi connectivity index (χ1) is 10.8. The van der Waals surface area contributed by atoms with Gasteiger partial charge in [-0.05, 0) is 49.6 Å². The lowest BCUT2D eigenvalue weighted by Crippen LogP contribution is -2.37. The number of benzene rings is 1. The average Bonchev–Trinajstić information content (AvgIpc) is 2.58. The largest absolute Gasteiger partial charge is 0.379 e. The summed E-state index contributed by atoms with van der Waals surface area (Å²) in [6.45, 7) is 11.1. The molecule has 0 amide bonds. The van der Waals surface area contributed by atoms with Crippen molar-refractivity contribution in [2.75, 3.05) is 64.1 Å². The maximum Gasteiger partial charge on any atom is 0.0642 e. The van der Waals surface area contributed by atoms with E-state index in [0.717, 1.165) is 52.6 Å². The fraction of sp³-hybridized carbons (Fsp3) is 0.667. The van der Waals surface area contributed by atoms with Crippen molar-refractivity contribution >= 4 is 5.69 Å². The summed E-state index contributed by atoms with van der Waals surface area (Å²) in [5.74, 6) is 0. The summed E-state index contributed by atoms with van der Waals surface area (Å²) >= 11 is 0. The van der Waals surface area contributed by atoms with Gasteiger partial charge in [0.2, 0.25) is 0 Å². The smallest absolute Gasteiger partial charge is 0.0642 e. The second-order valence-corrected chi connectivity index (χ2v) is 6.27. The van der Waals surface area contributed by atoms with Crippen molar-refractivity contribution in [1.82, 2.24) is 4.90 Å². The van der Waals surface area contributed by atoms with Crippen LogP contribution in [-0.2, 0) is 15.9 Å². The predicted octanol–water partition coefficient (Wildman–Crippen LogP) is 2.10. The van der Waals surface area contributed by atoms with Crippen molar-refractivity contribution < 1.29 is 9.47 Å². The Labute approximate surface area is 134 Å². The van der Waals surface area contributed by atoms with E-state index in [1.165, 1.54) is 36.2 Å².